The maximum Gasteiger partial charge on any atom is 0.573 e. The van der Waals surface area contributed by atoms with Crippen LogP contribution < -0.4 is 9.47 Å². The SMILES string of the molecule is CC.CC(F)c1nnc2cnc(-c3ccc(OC(F)F)cc3)cn12.COCc1cc(OC(F)(F)F)ccc1-c1ccc2nnc(C(F)F)n2n1. The molecule has 0 aliphatic heterocycles. The molecule has 0 N–H and O–H groups in total. The van der Waals surface area contributed by atoms with Crippen molar-refractivity contribution in [2.24, 2.45) is 0 Å². The average molecular weight is 713 g/mol. The van der Waals surface area contributed by atoms with Crippen LogP contribution in [0.1, 0.15) is 50.6 Å². The first-order valence-electron chi connectivity index (χ1n) is 14.6. The van der Waals surface area contributed by atoms with Gasteiger partial charge in [-0.25, -0.2) is 13.2 Å². The van der Waals surface area contributed by atoms with Gasteiger partial charge in [-0.3, -0.25) is 9.38 Å². The summed E-state index contributed by atoms with van der Waals surface area (Å²) in [7, 11) is 1.37. The number of rotatable bonds is 9. The highest BCUT2D eigenvalue weighted by Crippen LogP contribution is 2.31. The molecule has 0 radical (unpaired) electrons. The molecule has 0 amide bonds. The predicted octanol–water partition coefficient (Wildman–Crippen LogP) is 8.22. The van der Waals surface area contributed by atoms with Crippen LogP contribution in [-0.2, 0) is 11.3 Å². The van der Waals surface area contributed by atoms with E-state index < -0.39 is 37.1 Å². The number of alkyl halides is 8. The van der Waals surface area contributed by atoms with E-state index in [0.717, 1.165) is 16.6 Å². The number of fused-ring (bicyclic) bond motifs is 2. The molecule has 19 heteroatoms. The summed E-state index contributed by atoms with van der Waals surface area (Å²) in [6.07, 6.45) is -5.92. The van der Waals surface area contributed by atoms with E-state index in [1.807, 2.05) is 13.8 Å². The lowest BCUT2D eigenvalue weighted by Crippen LogP contribution is -2.17. The predicted molar refractivity (Wildman–Crippen MR) is 162 cm³/mol. The van der Waals surface area contributed by atoms with Gasteiger partial charge in [0.15, 0.2) is 23.3 Å². The molecule has 4 aromatic heterocycles. The van der Waals surface area contributed by atoms with Crippen molar-refractivity contribution in [1.82, 2.24) is 39.4 Å². The van der Waals surface area contributed by atoms with Crippen LogP contribution in [0.4, 0.5) is 35.1 Å². The number of aromatic nitrogens is 8. The first-order valence-corrected chi connectivity index (χ1v) is 14.6. The molecule has 50 heavy (non-hydrogen) atoms. The Morgan fingerprint density at radius 2 is 1.44 bits per heavy atom. The largest absolute Gasteiger partial charge is 0.573 e. The Bertz CT molecular complexity index is 2000. The summed E-state index contributed by atoms with van der Waals surface area (Å²) < 4.78 is 116. The number of benzene rings is 2. The van der Waals surface area contributed by atoms with Crippen molar-refractivity contribution >= 4 is 11.3 Å². The van der Waals surface area contributed by atoms with E-state index in [1.54, 1.807) is 18.3 Å². The topological polar surface area (TPSA) is 114 Å². The van der Waals surface area contributed by atoms with Crippen LogP contribution in [-0.4, -0.2) is 59.5 Å². The standard InChI is InChI=1S/C15H11F5N4O2.C14H11F3N4O.C2H6/c1-25-7-8-6-9(26-15(18,19)20)2-3-10(8)11-4-5-12-21-22-14(13(16)17)24(12)23-11;1-8(15)13-20-19-12-6-18-11(7-21(12)13)9-2-4-10(5-3-9)22-14(16)17;1-2/h2-6,13H,7H2,1H3;2-8,14H,1H3;1-2H3. The number of methoxy groups -OCH3 is 1. The van der Waals surface area contributed by atoms with Crippen LogP contribution in [0.15, 0.2) is 67.0 Å². The second kappa shape index (κ2) is 16.3. The van der Waals surface area contributed by atoms with Crippen LogP contribution >= 0.6 is 0 Å². The van der Waals surface area contributed by atoms with Crippen LogP contribution in [0.2, 0.25) is 0 Å². The average Bonchev–Trinajstić information content (AvgIpc) is 3.70. The number of halogens is 8. The lowest BCUT2D eigenvalue weighted by atomic mass is 10.0. The zero-order valence-corrected chi connectivity index (χ0v) is 26.6. The van der Waals surface area contributed by atoms with E-state index in [9.17, 15) is 35.1 Å². The smallest absolute Gasteiger partial charge is 0.435 e. The Kier molecular flexibility index (Phi) is 12.2. The molecule has 0 aliphatic carbocycles. The summed E-state index contributed by atoms with van der Waals surface area (Å²) in [5.41, 5.74) is 2.75. The molecular weight excluding hydrogens is 684 g/mol. The molecule has 266 valence electrons. The fourth-order valence-electron chi connectivity index (χ4n) is 4.42. The third-order valence-corrected chi connectivity index (χ3v) is 6.42. The monoisotopic (exact) mass is 712 g/mol. The molecule has 0 fully saturated rings. The zero-order valence-electron chi connectivity index (χ0n) is 26.6. The van der Waals surface area contributed by atoms with Gasteiger partial charge in [0.05, 0.1) is 24.2 Å². The highest BCUT2D eigenvalue weighted by molar-refractivity contribution is 5.66. The second-order valence-electron chi connectivity index (χ2n) is 9.73. The Hall–Kier alpha value is -5.46. The highest BCUT2D eigenvalue weighted by Gasteiger charge is 2.31. The van der Waals surface area contributed by atoms with E-state index in [-0.39, 0.29) is 29.5 Å². The van der Waals surface area contributed by atoms with Crippen LogP contribution in [0.3, 0.4) is 0 Å². The molecule has 0 saturated carbocycles. The van der Waals surface area contributed by atoms with Crippen LogP contribution in [0.5, 0.6) is 11.5 Å². The summed E-state index contributed by atoms with van der Waals surface area (Å²) in [6.45, 7) is 2.46. The summed E-state index contributed by atoms with van der Waals surface area (Å²) in [5, 5.41) is 18.6. The fraction of sp³-hybridized carbons (Fsp3) is 0.290. The summed E-state index contributed by atoms with van der Waals surface area (Å²) in [6, 6.07) is 12.5. The third-order valence-electron chi connectivity index (χ3n) is 6.42. The summed E-state index contributed by atoms with van der Waals surface area (Å²) in [4.78, 5) is 4.21. The molecular formula is C31H28F8N8O3. The van der Waals surface area contributed by atoms with Gasteiger partial charge in [0.25, 0.3) is 6.43 Å². The molecule has 0 bridgehead atoms. The Balaban J connectivity index is 0.000000217. The molecule has 1 atom stereocenters. The van der Waals surface area contributed by atoms with Gasteiger partial charge in [-0.2, -0.15) is 18.4 Å². The van der Waals surface area contributed by atoms with Gasteiger partial charge in [-0.15, -0.1) is 33.6 Å². The quantitative estimate of drug-likeness (QED) is 0.137. The number of ether oxygens (including phenoxy) is 3. The summed E-state index contributed by atoms with van der Waals surface area (Å²) >= 11 is 0. The Morgan fingerprint density at radius 1 is 0.780 bits per heavy atom. The van der Waals surface area contributed by atoms with E-state index in [1.165, 1.54) is 55.0 Å². The molecule has 0 saturated heterocycles. The van der Waals surface area contributed by atoms with Crippen molar-refractivity contribution in [2.75, 3.05) is 7.11 Å². The first-order chi connectivity index (χ1) is 23.8. The van der Waals surface area contributed by atoms with Crippen molar-refractivity contribution in [1.29, 1.82) is 0 Å². The number of hydrogen-bond donors (Lipinski definition) is 0. The van der Waals surface area contributed by atoms with Gasteiger partial charge < -0.3 is 14.2 Å². The molecule has 11 nitrogen and oxygen atoms in total. The van der Waals surface area contributed by atoms with E-state index in [2.05, 4.69) is 40.0 Å². The third kappa shape index (κ3) is 9.16. The maximum absolute atomic E-state index is 13.5. The summed E-state index contributed by atoms with van der Waals surface area (Å²) in [5.74, 6) is -0.822. The molecule has 2 aromatic carbocycles. The van der Waals surface area contributed by atoms with Gasteiger partial charge in [0.1, 0.15) is 11.5 Å². The molecule has 6 rings (SSSR count). The van der Waals surface area contributed by atoms with Crippen molar-refractivity contribution in [3.63, 3.8) is 0 Å². The minimum atomic E-state index is -4.84. The highest BCUT2D eigenvalue weighted by atomic mass is 19.4. The van der Waals surface area contributed by atoms with Gasteiger partial charge in [-0.1, -0.05) is 13.8 Å². The molecule has 0 spiro atoms. The van der Waals surface area contributed by atoms with Crippen LogP contribution in [0, 0.1) is 0 Å². The minimum absolute atomic E-state index is 0.0337. The van der Waals surface area contributed by atoms with Crippen molar-refractivity contribution in [3.8, 4) is 34.0 Å². The maximum atomic E-state index is 13.5. The van der Waals surface area contributed by atoms with Crippen molar-refractivity contribution in [3.05, 3.63) is 84.2 Å². The van der Waals surface area contributed by atoms with Crippen molar-refractivity contribution < 1.29 is 49.3 Å². The Labute approximate surface area is 278 Å². The first kappa shape index (κ1) is 37.4. The van der Waals surface area contributed by atoms with Gasteiger partial charge in [-0.05, 0) is 67.1 Å². The van der Waals surface area contributed by atoms with Gasteiger partial charge in [0, 0.05) is 24.4 Å². The van der Waals surface area contributed by atoms with E-state index in [4.69, 9.17) is 4.74 Å². The number of nitrogens with zero attached hydrogens (tertiary/aromatic N) is 8. The van der Waals surface area contributed by atoms with E-state index >= 15 is 0 Å². The molecule has 6 aromatic rings. The van der Waals surface area contributed by atoms with Gasteiger partial charge in [0.2, 0.25) is 5.82 Å². The normalized spacial score (nSPS) is 12.0. The van der Waals surface area contributed by atoms with E-state index in [0.29, 0.717) is 28.0 Å². The van der Waals surface area contributed by atoms with Gasteiger partial charge >= 0.3 is 13.0 Å². The minimum Gasteiger partial charge on any atom is -0.435 e. The lowest BCUT2D eigenvalue weighted by Gasteiger charge is -2.13. The molecule has 1 unspecified atom stereocenters. The second-order valence-corrected chi connectivity index (χ2v) is 9.73. The molecule has 4 heterocycles. The number of hydrogen-bond acceptors (Lipinski definition) is 9. The zero-order chi connectivity index (χ0) is 36.6. The molecule has 0 aliphatic rings. The van der Waals surface area contributed by atoms with Crippen LogP contribution in [0.25, 0.3) is 33.8 Å². The fourth-order valence-corrected chi connectivity index (χ4v) is 4.42. The lowest BCUT2D eigenvalue weighted by molar-refractivity contribution is -0.274. The van der Waals surface area contributed by atoms with Crippen molar-refractivity contribution in [2.45, 2.75) is 52.9 Å². The Morgan fingerprint density at radius 3 is 2.06 bits per heavy atom.